The first kappa shape index (κ1) is 56.6. The molecular weight excluding hydrogens is 1130 g/mol. The highest BCUT2D eigenvalue weighted by Crippen LogP contribution is 2.54. The lowest BCUT2D eigenvalue weighted by molar-refractivity contribution is -0.144. The van der Waals surface area contributed by atoms with Gasteiger partial charge in [0.15, 0.2) is 116 Å². The summed E-state index contributed by atoms with van der Waals surface area (Å²) in [6.07, 6.45) is -19.4. The third-order valence-electron chi connectivity index (χ3n) is 10.6. The van der Waals surface area contributed by atoms with Crippen LogP contribution in [0.3, 0.4) is 0 Å². The lowest BCUT2D eigenvalue weighted by atomic mass is 10.0. The van der Waals surface area contributed by atoms with Crippen LogP contribution in [0, 0.1) is 116 Å². The van der Waals surface area contributed by atoms with E-state index in [1.807, 2.05) is 0 Å². The van der Waals surface area contributed by atoms with Crippen LogP contribution in [-0.4, -0.2) is 0 Å². The van der Waals surface area contributed by atoms with E-state index in [1.165, 1.54) is 0 Å². The molecule has 0 atom stereocenters. The number of benzene rings is 7. The number of anilines is 9. The van der Waals surface area contributed by atoms with Gasteiger partial charge in [-0.15, -0.1) is 0 Å². The lowest BCUT2D eigenvalue weighted by Gasteiger charge is -2.32. The van der Waals surface area contributed by atoms with Crippen LogP contribution < -0.4 is 14.7 Å². The summed E-state index contributed by atoms with van der Waals surface area (Å²) in [7, 11) is 0. The summed E-state index contributed by atoms with van der Waals surface area (Å²) in [6, 6.07) is 5.58. The minimum atomic E-state index is -6.64. The van der Waals surface area contributed by atoms with Crippen LogP contribution in [0.2, 0.25) is 0 Å². The molecule has 77 heavy (non-hydrogen) atoms. The van der Waals surface area contributed by atoms with Gasteiger partial charge < -0.3 is 0 Å². The average Bonchev–Trinajstić information content (AvgIpc) is 3.35. The summed E-state index contributed by atoms with van der Waals surface area (Å²) in [5.41, 5.74) is -35.6. The Morgan fingerprint density at radius 3 is 0.494 bits per heavy atom. The van der Waals surface area contributed by atoms with Crippen LogP contribution in [0.1, 0.15) is 16.7 Å². The van der Waals surface area contributed by atoms with Crippen LogP contribution in [-0.2, 0) is 18.5 Å². The molecule has 0 bridgehead atoms. The van der Waals surface area contributed by atoms with Crippen LogP contribution >= 0.6 is 0 Å². The van der Waals surface area contributed by atoms with E-state index in [0.717, 1.165) is 12.1 Å². The second-order valence-corrected chi connectivity index (χ2v) is 15.0. The van der Waals surface area contributed by atoms with Crippen molar-refractivity contribution in [1.82, 2.24) is 0 Å². The monoisotopic (exact) mass is 1140 g/mol. The summed E-state index contributed by atoms with van der Waals surface area (Å²) >= 11 is 0. The zero-order valence-corrected chi connectivity index (χ0v) is 35.6. The first-order chi connectivity index (χ1) is 35.5. The highest BCUT2D eigenvalue weighted by molar-refractivity contribution is 5.86. The lowest BCUT2D eigenvalue weighted by Crippen LogP contribution is -2.27. The molecule has 0 saturated carbocycles. The van der Waals surface area contributed by atoms with Gasteiger partial charge in [-0.2, -0.15) is 39.5 Å². The van der Waals surface area contributed by atoms with Gasteiger partial charge in [0.1, 0.15) is 56.5 Å². The highest BCUT2D eigenvalue weighted by atomic mass is 19.4. The number of halogens is 29. The molecule has 0 unspecified atom stereocenters. The molecule has 0 amide bonds. The fraction of sp³-hybridized carbons (Fsp3) is 0.0667. The molecule has 0 fully saturated rings. The number of para-hydroxylation sites is 2. The van der Waals surface area contributed by atoms with Crippen LogP contribution in [0.4, 0.5) is 179 Å². The Hall–Kier alpha value is -8.09. The van der Waals surface area contributed by atoms with E-state index < -0.39 is 217 Å². The molecule has 32 heteroatoms. The van der Waals surface area contributed by atoms with Crippen LogP contribution in [0.15, 0.2) is 60.7 Å². The highest BCUT2D eigenvalue weighted by Gasteiger charge is 2.50. The van der Waals surface area contributed by atoms with Gasteiger partial charge in [0.05, 0.1) is 0 Å². The van der Waals surface area contributed by atoms with E-state index in [0.29, 0.717) is 48.5 Å². The summed E-state index contributed by atoms with van der Waals surface area (Å²) in [4.78, 5) is -4.21. The minimum absolute atomic E-state index is 0.321. The molecule has 3 nitrogen and oxygen atoms in total. The largest absolute Gasteiger partial charge is 0.422 e. The molecule has 7 rings (SSSR count). The number of nitrogens with zero attached hydrogens (tertiary/aromatic N) is 3. The minimum Gasteiger partial charge on any atom is -0.300 e. The normalized spacial score (nSPS) is 12.2. The molecule has 0 aliphatic carbocycles. The molecular formula is C45H10F29N3. The Morgan fingerprint density at radius 2 is 0.338 bits per heavy atom. The molecule has 7 aromatic carbocycles. The van der Waals surface area contributed by atoms with Crippen molar-refractivity contribution in [2.75, 3.05) is 14.7 Å². The van der Waals surface area contributed by atoms with Crippen LogP contribution in [0.5, 0.6) is 0 Å². The van der Waals surface area contributed by atoms with Crippen molar-refractivity contribution in [3.05, 3.63) is 194 Å². The van der Waals surface area contributed by atoms with Gasteiger partial charge in [-0.25, -0.2) is 87.8 Å². The fourth-order valence-electron chi connectivity index (χ4n) is 7.43. The van der Waals surface area contributed by atoms with Gasteiger partial charge >= 0.3 is 18.5 Å². The molecule has 7 aromatic rings. The Morgan fingerprint density at radius 1 is 0.195 bits per heavy atom. The van der Waals surface area contributed by atoms with E-state index in [-0.39, 0.29) is 0 Å². The average molecular weight is 1140 g/mol. The molecule has 0 spiro atoms. The van der Waals surface area contributed by atoms with Gasteiger partial charge in [-0.05, 0) is 24.3 Å². The van der Waals surface area contributed by atoms with Gasteiger partial charge in [0.2, 0.25) is 0 Å². The molecule has 0 radical (unpaired) electrons. The van der Waals surface area contributed by atoms with Crippen molar-refractivity contribution >= 4 is 51.2 Å². The van der Waals surface area contributed by atoms with Gasteiger partial charge in [0, 0.05) is 11.4 Å². The van der Waals surface area contributed by atoms with Gasteiger partial charge in [0.25, 0.3) is 0 Å². The maximum Gasteiger partial charge on any atom is 0.422 e. The molecule has 0 heterocycles. The molecule has 0 aliphatic heterocycles. The van der Waals surface area contributed by atoms with E-state index in [1.54, 1.807) is 0 Å². The van der Waals surface area contributed by atoms with E-state index in [9.17, 15) is 57.1 Å². The first-order valence-electron chi connectivity index (χ1n) is 19.6. The molecule has 0 saturated heterocycles. The van der Waals surface area contributed by atoms with Gasteiger partial charge in [-0.3, -0.25) is 14.7 Å². The first-order valence-corrected chi connectivity index (χ1v) is 19.6. The predicted molar refractivity (Wildman–Crippen MR) is 205 cm³/mol. The van der Waals surface area contributed by atoms with Crippen molar-refractivity contribution in [3.8, 4) is 0 Å². The smallest absolute Gasteiger partial charge is 0.300 e. The third kappa shape index (κ3) is 8.92. The Labute approximate surface area is 405 Å². The van der Waals surface area contributed by atoms with Crippen molar-refractivity contribution in [3.63, 3.8) is 0 Å². The zero-order valence-electron chi connectivity index (χ0n) is 35.6. The Bertz CT molecular complexity index is 3220. The number of hydrogen-bond acceptors (Lipinski definition) is 3. The summed E-state index contributed by atoms with van der Waals surface area (Å²) in [5, 5.41) is 0. The van der Waals surface area contributed by atoms with Crippen molar-refractivity contribution in [2.45, 2.75) is 18.5 Å². The maximum atomic E-state index is 16.8. The Kier molecular flexibility index (Phi) is 14.3. The number of rotatable bonds is 9. The third-order valence-corrected chi connectivity index (χ3v) is 10.6. The summed E-state index contributed by atoms with van der Waals surface area (Å²) in [5.74, 6) is -72.1. The molecule has 408 valence electrons. The van der Waals surface area contributed by atoms with Crippen molar-refractivity contribution in [1.29, 1.82) is 0 Å². The second kappa shape index (κ2) is 19.5. The fourth-order valence-corrected chi connectivity index (χ4v) is 7.43. The van der Waals surface area contributed by atoms with Crippen molar-refractivity contribution in [2.24, 2.45) is 0 Å². The predicted octanol–water partition coefficient (Wildman–Crippen LogP) is 17.9. The van der Waals surface area contributed by atoms with E-state index in [4.69, 9.17) is 0 Å². The van der Waals surface area contributed by atoms with Gasteiger partial charge in [-0.1, -0.05) is 36.4 Å². The molecule has 0 aliphatic rings. The van der Waals surface area contributed by atoms with E-state index in [2.05, 4.69) is 0 Å². The van der Waals surface area contributed by atoms with Crippen molar-refractivity contribution < 1.29 is 127 Å². The quantitative estimate of drug-likeness (QED) is 0.105. The summed E-state index contributed by atoms with van der Waals surface area (Å²) < 4.78 is 441. The Balaban J connectivity index is 1.66. The zero-order chi connectivity index (χ0) is 57.8. The number of hydrogen-bond donors (Lipinski definition) is 0. The number of alkyl halides is 9. The molecule has 0 aromatic heterocycles. The maximum absolute atomic E-state index is 16.8. The summed E-state index contributed by atoms with van der Waals surface area (Å²) in [6.45, 7) is 0. The topological polar surface area (TPSA) is 9.72 Å². The standard InChI is InChI=1S/C45H10F29N3/c46-16-13(43(66,67)68)17(47)23(53)36(22(16)52)75(11-7-3-1-4-8-11)38-28(58)32(62)41(33(63)29(38)59)77(40-26(56)20(50)15(45(72,73)74)21(51)27(40)57)42-34(64)30(60)39(31(61)35(42)65)76(12-9-5-2-6-10-12)37-24(54)18(48)14(44(69,70)71)19(49)25(37)55/h1-10H. The van der Waals surface area contributed by atoms with Crippen LogP contribution in [0.25, 0.3) is 0 Å². The van der Waals surface area contributed by atoms with E-state index >= 15 is 70.2 Å². The SMILES string of the molecule is Fc1c(F)c(N(c2c(F)c(F)c(N(c3ccccc3)c3c(F)c(F)c(C(F)(F)F)c(F)c3F)c(F)c2F)c2c(F)c(F)c(C(F)(F)F)c(F)c2F)c(F)c(F)c1N(c1ccccc1)c1c(F)c(F)c(C(F)(F)F)c(F)c1F. The molecule has 0 N–H and O–H groups in total. The second-order valence-electron chi connectivity index (χ2n) is 15.0.